The zero-order valence-corrected chi connectivity index (χ0v) is 91.3. The van der Waals surface area contributed by atoms with Crippen LogP contribution in [0.5, 0.6) is 17.2 Å². The molecule has 0 saturated carbocycles. The molecule has 13 aromatic carbocycles. The number of amides is 5. The quantitative estimate of drug-likeness (QED) is 0.0552. The standard InChI is InChI=1S/C25H22ClN3O2.C21H22ClN3O2.C21H21ClN2O3.C17H14BrClN2.2C17H13Cl3N2/c1-31-19-10-7-16(8-11-19)24-23-20(21-15-17(26)9-12-22(21)28-23)13-14-29(24)25(30)27-18-5-3-2-4-6-18;1-3-23-21(26)25-11-10-16-17-12-14(22)6-9-18(17)24-19(16)20(25)13-4-7-15(27-2)8-5-13;1-3-27-21(25)24-11-10-14-16-12-13(22)8-9-17(16)23-19(14)20(24)15-6-4-5-7-18(15)26-2;18-11-3-1-10(2-4-11)16-17-13(7-8-20-16)14-9-12(19)5-6-15(14)21-17;18-10-2-4-15-12(8-10)11-5-6-21-16(17(11)22-15)9-1-3-13(19)14(20)7-9;18-9-4-5-14-12(8-9)10-6-7-21-16(17(10)22-14)11-2-1-3-13(19)15(11)20/h2-12,15,24,28H,13-14H2,1H3,(H,27,30);4-9,12,20,24H,3,10-11H2,1-2H3,(H,23,26);4-9,12,20,23H,3,10-11H2,1-2H3;1-6,9,16,20-21H,7-8H2;1-4,7-8,16,21-22H,5-6H2;1-5,8,16,21-22H,6-7H2. The topological polar surface area (TPSA) is 253 Å². The molecule has 12 heterocycles. The zero-order chi connectivity index (χ0) is 104. The predicted molar refractivity (Wildman–Crippen MR) is 615 cm³/mol. The van der Waals surface area contributed by atoms with Crippen molar-refractivity contribution in [3.63, 3.8) is 0 Å². The Kier molecular flexibility index (Phi) is 32.4. The minimum Gasteiger partial charge on any atom is -0.497 e. The van der Waals surface area contributed by atoms with Gasteiger partial charge in [-0.05, 0) is 296 Å². The van der Waals surface area contributed by atoms with Gasteiger partial charge in [0.1, 0.15) is 23.3 Å². The van der Waals surface area contributed by atoms with Gasteiger partial charge >= 0.3 is 18.2 Å². The highest BCUT2D eigenvalue weighted by Gasteiger charge is 2.41. The molecule has 5 amide bonds. The lowest BCUT2D eigenvalue weighted by atomic mass is 9.92. The van der Waals surface area contributed by atoms with Gasteiger partial charge in [0.25, 0.3) is 0 Å². The number of aromatic nitrogens is 6. The molecule has 6 atom stereocenters. The van der Waals surface area contributed by atoms with Gasteiger partial charge in [-0.1, -0.05) is 223 Å². The number of aromatic amines is 6. The van der Waals surface area contributed by atoms with E-state index in [2.05, 4.69) is 109 Å². The van der Waals surface area contributed by atoms with Crippen LogP contribution in [0.1, 0.15) is 151 Å². The fourth-order valence-electron chi connectivity index (χ4n) is 21.6. The summed E-state index contributed by atoms with van der Waals surface area (Å²) in [7, 11) is 4.94. The lowest BCUT2D eigenvalue weighted by Gasteiger charge is -2.36. The summed E-state index contributed by atoms with van der Waals surface area (Å²) in [6.45, 7) is 9.27. The largest absolute Gasteiger partial charge is 0.497 e. The van der Waals surface area contributed by atoms with Gasteiger partial charge in [-0.15, -0.1) is 0 Å². The van der Waals surface area contributed by atoms with Crippen LogP contribution in [0.3, 0.4) is 0 Å². The maximum Gasteiger partial charge on any atom is 0.410 e. The molecule has 6 aromatic heterocycles. The number of urea groups is 2. The molecule has 0 aliphatic carbocycles. The molecular weight excluding hydrogens is 2160 g/mol. The van der Waals surface area contributed by atoms with Gasteiger partial charge in [0, 0.05) is 191 Å². The number of nitrogens with zero attached hydrogens (tertiary/aromatic N) is 3. The van der Waals surface area contributed by atoms with Gasteiger partial charge < -0.3 is 85.2 Å². The molecule has 11 N–H and O–H groups in total. The Morgan fingerprint density at radius 1 is 0.340 bits per heavy atom. The SMILES string of the molecule is CCNC(=O)N1CCc2c([nH]c3ccc(Cl)cc23)C1c1ccc(OC)cc1.CCOC(=O)N1CCc2c([nH]c3ccc(Cl)cc23)C1c1ccccc1OC.COc1ccc(C2c3[nH]c4ccc(Cl)cc4c3CCN2C(=O)Nc2ccccc2)cc1.Clc1ccc2[nH]c3c(c2c1)CCNC3c1ccc(Br)cc1.Clc1ccc2[nH]c3c(c2c1)CCNC3c1ccc(Cl)c(Cl)c1.Clc1ccc2[nH]c3c(c2c1)CCNC3c1cccc(Cl)c1Cl. The van der Waals surface area contributed by atoms with E-state index in [1.54, 1.807) is 26.2 Å². The Bertz CT molecular complexity index is 8220. The summed E-state index contributed by atoms with van der Waals surface area (Å²) in [5, 5.41) is 30.4. The number of hydrogen-bond acceptors (Lipinski definition) is 10. The maximum absolute atomic E-state index is 13.3. The van der Waals surface area contributed by atoms with Crippen molar-refractivity contribution in [2.45, 2.75) is 88.6 Å². The molecule has 6 aliphatic heterocycles. The van der Waals surface area contributed by atoms with Crippen molar-refractivity contribution in [3.05, 3.63) is 429 Å². The normalized spacial score (nSPS) is 16.8. The summed E-state index contributed by atoms with van der Waals surface area (Å²) in [6.07, 6.45) is 4.93. The number of anilines is 1. The van der Waals surface area contributed by atoms with E-state index in [9.17, 15) is 14.4 Å². The van der Waals surface area contributed by atoms with Crippen molar-refractivity contribution < 1.29 is 33.3 Å². The molecule has 0 radical (unpaired) electrons. The van der Waals surface area contributed by atoms with Crippen molar-refractivity contribution in [1.82, 2.24) is 65.9 Å². The number of H-pyrrole nitrogens is 6. The fourth-order valence-corrected chi connectivity index (χ4v) is 23.6. The molecule has 0 fully saturated rings. The van der Waals surface area contributed by atoms with E-state index in [0.29, 0.717) is 62.9 Å². The van der Waals surface area contributed by atoms with Gasteiger partial charge in [-0.2, -0.15) is 0 Å². The van der Waals surface area contributed by atoms with Crippen LogP contribution >= 0.6 is 132 Å². The van der Waals surface area contributed by atoms with Gasteiger partial charge in [0.05, 0.1) is 78.2 Å². The molecule has 25 rings (SSSR count). The Labute approximate surface area is 926 Å². The first kappa shape index (κ1) is 105. The van der Waals surface area contributed by atoms with Crippen LogP contribution in [0.4, 0.5) is 20.1 Å². The predicted octanol–water partition coefficient (Wildman–Crippen LogP) is 31.0. The molecular formula is C118H105BrCl10N14O7. The lowest BCUT2D eigenvalue weighted by molar-refractivity contribution is 0.0927. The van der Waals surface area contributed by atoms with E-state index in [-0.39, 0.29) is 54.4 Å². The molecule has 19 aromatic rings. The first-order valence-corrected chi connectivity index (χ1v) is 54.1. The molecule has 0 bridgehead atoms. The van der Waals surface area contributed by atoms with Crippen LogP contribution in [0, 0.1) is 0 Å². The van der Waals surface area contributed by atoms with Crippen LogP contribution in [-0.4, -0.2) is 137 Å². The van der Waals surface area contributed by atoms with Crippen LogP contribution < -0.4 is 40.8 Å². The van der Waals surface area contributed by atoms with Gasteiger partial charge in [-0.3, -0.25) is 4.90 Å². The van der Waals surface area contributed by atoms with Crippen molar-refractivity contribution in [1.29, 1.82) is 0 Å². The van der Waals surface area contributed by atoms with E-state index < -0.39 is 0 Å². The average molecular weight is 2270 g/mol. The monoisotopic (exact) mass is 2260 g/mol. The van der Waals surface area contributed by atoms with Gasteiger partial charge in [0.15, 0.2) is 0 Å². The molecule has 0 spiro atoms. The minimum atomic E-state index is -0.323. The molecule has 21 nitrogen and oxygen atoms in total. The van der Waals surface area contributed by atoms with Crippen LogP contribution in [-0.2, 0) is 43.3 Å². The Morgan fingerprint density at radius 3 is 1.14 bits per heavy atom. The van der Waals surface area contributed by atoms with E-state index in [4.69, 9.17) is 135 Å². The highest BCUT2D eigenvalue weighted by molar-refractivity contribution is 9.10. The highest BCUT2D eigenvalue weighted by Crippen LogP contribution is 2.48. The van der Waals surface area contributed by atoms with E-state index in [1.165, 1.54) is 66.5 Å². The van der Waals surface area contributed by atoms with Crippen LogP contribution in [0.2, 0.25) is 50.2 Å². The summed E-state index contributed by atoms with van der Waals surface area (Å²) in [5.41, 5.74) is 27.9. The summed E-state index contributed by atoms with van der Waals surface area (Å²) >= 11 is 65.4. The maximum atomic E-state index is 13.3. The second-order valence-electron chi connectivity index (χ2n) is 37.2. The van der Waals surface area contributed by atoms with Gasteiger partial charge in [-0.25, -0.2) is 14.4 Å². The zero-order valence-electron chi connectivity index (χ0n) is 82.2. The first-order valence-electron chi connectivity index (χ1n) is 49.6. The number of benzene rings is 13. The third-order valence-electron chi connectivity index (χ3n) is 28.5. The molecule has 6 unspecified atom stereocenters. The fraction of sp³-hybridized carbons (Fsp3) is 0.212. The van der Waals surface area contributed by atoms with Crippen molar-refractivity contribution >= 4 is 221 Å². The first-order chi connectivity index (χ1) is 72.9. The highest BCUT2D eigenvalue weighted by atomic mass is 79.9. The van der Waals surface area contributed by atoms with E-state index in [1.807, 2.05) is 260 Å². The van der Waals surface area contributed by atoms with Crippen molar-refractivity contribution in [2.24, 2.45) is 0 Å². The van der Waals surface area contributed by atoms with Crippen LogP contribution in [0.25, 0.3) is 65.4 Å². The summed E-state index contributed by atoms with van der Waals surface area (Å²) in [5.74, 6) is 2.31. The summed E-state index contributed by atoms with van der Waals surface area (Å²) < 4.78 is 22.6. The minimum absolute atomic E-state index is 0.0149. The lowest BCUT2D eigenvalue weighted by Crippen LogP contribution is -2.46. The average Bonchev–Trinajstić information content (AvgIpc) is 1.61. The Hall–Kier alpha value is -12.4. The molecule has 150 heavy (non-hydrogen) atoms. The molecule has 32 heteroatoms. The smallest absolute Gasteiger partial charge is 0.410 e. The van der Waals surface area contributed by atoms with E-state index in [0.717, 1.165) is 206 Å². The molecule has 766 valence electrons. The second-order valence-corrected chi connectivity index (χ2v) is 42.3. The van der Waals surface area contributed by atoms with Crippen molar-refractivity contribution in [3.8, 4) is 17.2 Å². The number of carbonyl (C=O) groups is 3. The number of ether oxygens (including phenoxy) is 4. The number of methoxy groups -OCH3 is 3. The number of fused-ring (bicyclic) bond motifs is 18. The Morgan fingerprint density at radius 2 is 0.713 bits per heavy atom. The third kappa shape index (κ3) is 21.9. The number of rotatable bonds is 12. The Balaban J connectivity index is 0.000000109. The van der Waals surface area contributed by atoms with E-state index >= 15 is 0 Å². The van der Waals surface area contributed by atoms with Crippen molar-refractivity contribution in [2.75, 3.05) is 79.1 Å². The second kappa shape index (κ2) is 46.4. The van der Waals surface area contributed by atoms with Crippen LogP contribution in [0.15, 0.2) is 277 Å². The number of hydrogen-bond donors (Lipinski definition) is 11. The number of nitrogens with one attached hydrogen (secondary N) is 11. The number of carbonyl (C=O) groups excluding carboxylic acids is 3. The van der Waals surface area contributed by atoms with Gasteiger partial charge in [0.2, 0.25) is 0 Å². The number of para-hydroxylation sites is 2. The summed E-state index contributed by atoms with van der Waals surface area (Å²) in [4.78, 5) is 65.5. The number of halogens is 11. The summed E-state index contributed by atoms with van der Waals surface area (Å²) in [6, 6.07) is 88.1. The molecule has 6 aliphatic rings. The molecule has 0 saturated heterocycles. The third-order valence-corrected chi connectivity index (χ3v) is 32.0.